The molecule has 0 aliphatic carbocycles. The molecule has 82 valence electrons. The van der Waals surface area contributed by atoms with Gasteiger partial charge < -0.3 is 5.11 Å². The molecule has 15 heavy (non-hydrogen) atoms. The van der Waals surface area contributed by atoms with Crippen molar-refractivity contribution in [2.24, 2.45) is 0 Å². The Hall–Kier alpha value is -1.26. The molecule has 1 nitrogen and oxygen atoms in total. The van der Waals surface area contributed by atoms with Gasteiger partial charge in [0.1, 0.15) is 0 Å². The summed E-state index contributed by atoms with van der Waals surface area (Å²) < 4.78 is 0. The SMILES string of the molecule is C=CCCCCC(O)C=CC#CC=CC. The first-order chi connectivity index (χ1) is 7.31. The Balaban J connectivity index is 3.60. The molecule has 1 atom stereocenters. The van der Waals surface area contributed by atoms with E-state index in [0.29, 0.717) is 0 Å². The van der Waals surface area contributed by atoms with Crippen molar-refractivity contribution in [1.29, 1.82) is 0 Å². The van der Waals surface area contributed by atoms with Crippen LogP contribution >= 0.6 is 0 Å². The van der Waals surface area contributed by atoms with Crippen molar-refractivity contribution in [3.8, 4) is 11.8 Å². The largest absolute Gasteiger partial charge is 0.389 e. The van der Waals surface area contributed by atoms with Gasteiger partial charge in [0.05, 0.1) is 6.10 Å². The Labute approximate surface area is 93.2 Å². The van der Waals surface area contributed by atoms with E-state index in [9.17, 15) is 5.11 Å². The summed E-state index contributed by atoms with van der Waals surface area (Å²) in [5.74, 6) is 5.65. The Morgan fingerprint density at radius 2 is 2.00 bits per heavy atom. The van der Waals surface area contributed by atoms with E-state index in [2.05, 4.69) is 18.4 Å². The van der Waals surface area contributed by atoms with Crippen LogP contribution in [0.15, 0.2) is 37.0 Å². The van der Waals surface area contributed by atoms with Crippen LogP contribution in [0.5, 0.6) is 0 Å². The van der Waals surface area contributed by atoms with E-state index in [1.807, 2.05) is 19.1 Å². The summed E-state index contributed by atoms with van der Waals surface area (Å²) in [6.45, 7) is 5.58. The molecule has 1 N–H and O–H groups in total. The number of unbranched alkanes of at least 4 members (excludes halogenated alkanes) is 2. The normalized spacial score (nSPS) is 12.7. The Morgan fingerprint density at radius 1 is 1.27 bits per heavy atom. The third-order valence-electron chi connectivity index (χ3n) is 1.89. The standard InChI is InChI=1S/C14H20O/c1-3-5-7-9-11-13-14(15)12-10-8-6-4-2/h3-5,11,13-15H,2,6,8,10,12H2,1H3. The molecule has 0 aliphatic heterocycles. The average Bonchev–Trinajstić information content (AvgIpc) is 2.24. The third kappa shape index (κ3) is 10.7. The maximum absolute atomic E-state index is 9.51. The van der Waals surface area contributed by atoms with Crippen LogP contribution in [0.1, 0.15) is 32.6 Å². The van der Waals surface area contributed by atoms with Crippen molar-refractivity contribution in [1.82, 2.24) is 0 Å². The second kappa shape index (κ2) is 10.8. The molecule has 0 rings (SSSR count). The van der Waals surface area contributed by atoms with Gasteiger partial charge in [-0.3, -0.25) is 0 Å². The Morgan fingerprint density at radius 3 is 2.67 bits per heavy atom. The molecule has 0 heterocycles. The van der Waals surface area contributed by atoms with Crippen molar-refractivity contribution >= 4 is 0 Å². The molecule has 0 aromatic rings. The first kappa shape index (κ1) is 13.7. The highest BCUT2D eigenvalue weighted by Gasteiger charge is 1.96. The fourth-order valence-electron chi connectivity index (χ4n) is 1.08. The molecule has 0 aromatic carbocycles. The number of rotatable bonds is 6. The van der Waals surface area contributed by atoms with E-state index in [4.69, 9.17) is 0 Å². The molecule has 0 radical (unpaired) electrons. The maximum Gasteiger partial charge on any atom is 0.0730 e. The fourth-order valence-corrected chi connectivity index (χ4v) is 1.08. The van der Waals surface area contributed by atoms with Crippen LogP contribution in [-0.2, 0) is 0 Å². The van der Waals surface area contributed by atoms with Gasteiger partial charge in [-0.2, -0.15) is 0 Å². The van der Waals surface area contributed by atoms with Crippen molar-refractivity contribution in [2.75, 3.05) is 0 Å². The molecule has 0 spiro atoms. The summed E-state index contributed by atoms with van der Waals surface area (Å²) in [4.78, 5) is 0. The summed E-state index contributed by atoms with van der Waals surface area (Å²) in [6.07, 6.45) is 12.6. The second-order valence-electron chi connectivity index (χ2n) is 3.29. The molecular formula is C14H20O. The van der Waals surface area contributed by atoms with Gasteiger partial charge in [-0.25, -0.2) is 0 Å². The molecule has 0 saturated carbocycles. The lowest BCUT2D eigenvalue weighted by atomic mass is 10.1. The van der Waals surface area contributed by atoms with Gasteiger partial charge >= 0.3 is 0 Å². The van der Waals surface area contributed by atoms with E-state index in [0.717, 1.165) is 25.7 Å². The van der Waals surface area contributed by atoms with Crippen LogP contribution in [0.3, 0.4) is 0 Å². The highest BCUT2D eigenvalue weighted by Crippen LogP contribution is 2.04. The highest BCUT2D eigenvalue weighted by molar-refractivity contribution is 5.23. The number of hydrogen-bond donors (Lipinski definition) is 1. The van der Waals surface area contributed by atoms with Crippen LogP contribution in [0.4, 0.5) is 0 Å². The number of allylic oxidation sites excluding steroid dienone is 4. The molecule has 1 unspecified atom stereocenters. The van der Waals surface area contributed by atoms with Crippen LogP contribution in [0.2, 0.25) is 0 Å². The molecular weight excluding hydrogens is 184 g/mol. The number of aliphatic hydroxyl groups excluding tert-OH is 1. The van der Waals surface area contributed by atoms with Crippen molar-refractivity contribution in [3.05, 3.63) is 37.0 Å². The lowest BCUT2D eigenvalue weighted by Gasteiger charge is -2.02. The predicted octanol–water partition coefficient (Wildman–Crippen LogP) is 3.23. The third-order valence-corrected chi connectivity index (χ3v) is 1.89. The quantitative estimate of drug-likeness (QED) is 0.400. The van der Waals surface area contributed by atoms with E-state index in [1.165, 1.54) is 0 Å². The smallest absolute Gasteiger partial charge is 0.0730 e. The Bertz CT molecular complexity index is 263. The molecule has 0 aromatic heterocycles. The zero-order chi connectivity index (χ0) is 11.4. The van der Waals surface area contributed by atoms with Gasteiger partial charge in [-0.1, -0.05) is 30.4 Å². The summed E-state index contributed by atoms with van der Waals surface area (Å²) in [5.41, 5.74) is 0. The topological polar surface area (TPSA) is 20.2 Å². The number of aliphatic hydroxyl groups is 1. The molecule has 0 aliphatic rings. The monoisotopic (exact) mass is 204 g/mol. The zero-order valence-corrected chi connectivity index (χ0v) is 9.45. The van der Waals surface area contributed by atoms with Crippen LogP contribution in [0.25, 0.3) is 0 Å². The fraction of sp³-hybridized carbons (Fsp3) is 0.429. The van der Waals surface area contributed by atoms with Gasteiger partial charge in [-0.05, 0) is 44.4 Å². The summed E-state index contributed by atoms with van der Waals surface area (Å²) >= 11 is 0. The van der Waals surface area contributed by atoms with Gasteiger partial charge in [0.2, 0.25) is 0 Å². The average molecular weight is 204 g/mol. The van der Waals surface area contributed by atoms with Gasteiger partial charge in [0, 0.05) is 0 Å². The highest BCUT2D eigenvalue weighted by atomic mass is 16.3. The van der Waals surface area contributed by atoms with Gasteiger partial charge in [0.15, 0.2) is 0 Å². The molecule has 0 saturated heterocycles. The maximum atomic E-state index is 9.51. The molecule has 0 fully saturated rings. The zero-order valence-electron chi connectivity index (χ0n) is 9.45. The number of hydrogen-bond acceptors (Lipinski definition) is 1. The van der Waals surface area contributed by atoms with Crippen molar-refractivity contribution in [2.45, 2.75) is 38.7 Å². The molecule has 1 heteroatoms. The minimum atomic E-state index is -0.366. The van der Waals surface area contributed by atoms with Crippen molar-refractivity contribution in [3.63, 3.8) is 0 Å². The van der Waals surface area contributed by atoms with Gasteiger partial charge in [0.25, 0.3) is 0 Å². The molecule has 0 amide bonds. The first-order valence-corrected chi connectivity index (χ1v) is 5.39. The summed E-state index contributed by atoms with van der Waals surface area (Å²) in [7, 11) is 0. The van der Waals surface area contributed by atoms with E-state index in [1.54, 1.807) is 18.2 Å². The first-order valence-electron chi connectivity index (χ1n) is 5.39. The van der Waals surface area contributed by atoms with Gasteiger partial charge in [-0.15, -0.1) is 6.58 Å². The second-order valence-corrected chi connectivity index (χ2v) is 3.29. The summed E-state index contributed by atoms with van der Waals surface area (Å²) in [6, 6.07) is 0. The van der Waals surface area contributed by atoms with E-state index >= 15 is 0 Å². The van der Waals surface area contributed by atoms with E-state index in [-0.39, 0.29) is 6.10 Å². The van der Waals surface area contributed by atoms with Crippen LogP contribution in [-0.4, -0.2) is 11.2 Å². The Kier molecular flexibility index (Phi) is 9.91. The van der Waals surface area contributed by atoms with Crippen LogP contribution in [0, 0.1) is 11.8 Å². The molecule has 0 bridgehead atoms. The minimum Gasteiger partial charge on any atom is -0.389 e. The van der Waals surface area contributed by atoms with E-state index < -0.39 is 0 Å². The van der Waals surface area contributed by atoms with Crippen LogP contribution < -0.4 is 0 Å². The summed E-state index contributed by atoms with van der Waals surface area (Å²) in [5, 5.41) is 9.51. The lowest BCUT2D eigenvalue weighted by molar-refractivity contribution is 0.208. The minimum absolute atomic E-state index is 0.366. The lowest BCUT2D eigenvalue weighted by Crippen LogP contribution is -2.00. The van der Waals surface area contributed by atoms with Crippen molar-refractivity contribution < 1.29 is 5.11 Å². The predicted molar refractivity (Wildman–Crippen MR) is 66.4 cm³/mol.